The number of thiol groups is 2. The summed E-state index contributed by atoms with van der Waals surface area (Å²) >= 11 is 8.13. The molecule has 16 nitrogen and oxygen atoms in total. The summed E-state index contributed by atoms with van der Waals surface area (Å²) in [5.74, 6) is -5.59. The van der Waals surface area contributed by atoms with Crippen LogP contribution < -0.4 is 38.1 Å². The van der Waals surface area contributed by atoms with Crippen molar-refractivity contribution in [3.8, 4) is 0 Å². The van der Waals surface area contributed by atoms with Gasteiger partial charge in [-0.3, -0.25) is 28.8 Å². The van der Waals surface area contributed by atoms with Gasteiger partial charge in [0.1, 0.15) is 30.2 Å². The van der Waals surface area contributed by atoms with Crippen molar-refractivity contribution in [2.24, 2.45) is 11.5 Å². The maximum Gasteiger partial charge on any atom is 0.245 e. The summed E-state index contributed by atoms with van der Waals surface area (Å²) in [6.45, 7) is 1.69. The van der Waals surface area contributed by atoms with Gasteiger partial charge in [0, 0.05) is 10.5 Å². The quantitative estimate of drug-likeness (QED) is 0.0764. The SMILES string of the molecule is C[C@H](NC(=O)[C@H](CO)NC(=O)[C@H](CO)NC(=O)[C@@H](N)CS)C(=O)N[C@@H](C(=O)N[C@@H](CO)C(N)=O)C(C)(C)S. The van der Waals surface area contributed by atoms with Crippen molar-refractivity contribution >= 4 is 60.7 Å². The molecule has 6 atom stereocenters. The molecule has 218 valence electrons. The lowest BCUT2D eigenvalue weighted by atomic mass is 10.0. The molecule has 0 rings (SSSR count). The number of carbonyl (C=O) groups is 6. The number of hydrogen-bond acceptors (Lipinski definition) is 12. The van der Waals surface area contributed by atoms with Crippen molar-refractivity contribution in [2.75, 3.05) is 25.6 Å². The summed E-state index contributed by atoms with van der Waals surface area (Å²) in [6.07, 6.45) is 0. The van der Waals surface area contributed by atoms with Crippen molar-refractivity contribution < 1.29 is 44.1 Å². The molecule has 0 aliphatic carbocycles. The highest BCUT2D eigenvalue weighted by Crippen LogP contribution is 2.18. The Bertz CT molecular complexity index is 872. The molecule has 6 amide bonds. The molecule has 0 unspecified atom stereocenters. The van der Waals surface area contributed by atoms with E-state index in [9.17, 15) is 44.1 Å². The van der Waals surface area contributed by atoms with Crippen molar-refractivity contribution in [1.29, 1.82) is 0 Å². The van der Waals surface area contributed by atoms with Crippen molar-refractivity contribution in [3.63, 3.8) is 0 Å². The van der Waals surface area contributed by atoms with E-state index in [0.29, 0.717) is 0 Å². The number of amides is 6. The average molecular weight is 584 g/mol. The van der Waals surface area contributed by atoms with Crippen LogP contribution in [0.4, 0.5) is 0 Å². The average Bonchev–Trinajstić information content (AvgIpc) is 2.84. The molecule has 0 fully saturated rings. The van der Waals surface area contributed by atoms with E-state index in [2.05, 4.69) is 51.8 Å². The molecule has 0 radical (unpaired) electrons. The van der Waals surface area contributed by atoms with Crippen molar-refractivity contribution in [1.82, 2.24) is 26.6 Å². The van der Waals surface area contributed by atoms with E-state index in [1.165, 1.54) is 20.8 Å². The number of primary amides is 1. The van der Waals surface area contributed by atoms with Gasteiger partial charge in [-0.05, 0) is 20.8 Å². The molecule has 38 heavy (non-hydrogen) atoms. The second-order valence-electron chi connectivity index (χ2n) is 8.75. The predicted octanol–water partition coefficient (Wildman–Crippen LogP) is -6.14. The lowest BCUT2D eigenvalue weighted by Crippen LogP contribution is -2.62. The molecule has 0 aliphatic rings. The van der Waals surface area contributed by atoms with E-state index in [-0.39, 0.29) is 5.75 Å². The molecule has 0 aromatic carbocycles. The van der Waals surface area contributed by atoms with E-state index in [0.717, 1.165) is 0 Å². The Balaban J connectivity index is 5.32. The second kappa shape index (κ2) is 16.4. The van der Waals surface area contributed by atoms with Crippen LogP contribution in [0.2, 0.25) is 0 Å². The van der Waals surface area contributed by atoms with E-state index in [4.69, 9.17) is 11.5 Å². The van der Waals surface area contributed by atoms with Gasteiger partial charge < -0.3 is 53.4 Å². The lowest BCUT2D eigenvalue weighted by Gasteiger charge is -2.31. The third-order valence-electron chi connectivity index (χ3n) is 5.01. The van der Waals surface area contributed by atoms with Gasteiger partial charge in [0.25, 0.3) is 0 Å². The summed E-state index contributed by atoms with van der Waals surface area (Å²) in [6, 6.07) is -8.19. The Hall–Kier alpha value is -2.64. The Morgan fingerprint density at radius 2 is 1.16 bits per heavy atom. The van der Waals surface area contributed by atoms with Crippen LogP contribution in [0, 0.1) is 0 Å². The maximum atomic E-state index is 12.7. The van der Waals surface area contributed by atoms with Crippen LogP contribution in [0.25, 0.3) is 0 Å². The fourth-order valence-corrected chi connectivity index (χ4v) is 3.04. The first-order valence-electron chi connectivity index (χ1n) is 11.3. The fraction of sp³-hybridized carbons (Fsp3) is 0.700. The molecule has 0 aliphatic heterocycles. The summed E-state index contributed by atoms with van der Waals surface area (Å²) in [4.78, 5) is 73.5. The zero-order chi connectivity index (χ0) is 29.8. The molecular formula is C20H37N7O9S2. The highest BCUT2D eigenvalue weighted by atomic mass is 32.1. The molecule has 12 N–H and O–H groups in total. The summed E-state index contributed by atoms with van der Waals surface area (Å²) in [7, 11) is 0. The minimum atomic E-state index is -1.58. The van der Waals surface area contributed by atoms with Crippen LogP contribution >= 0.6 is 25.3 Å². The molecular weight excluding hydrogens is 546 g/mol. The molecule has 0 spiro atoms. The Morgan fingerprint density at radius 1 is 0.737 bits per heavy atom. The van der Waals surface area contributed by atoms with Gasteiger partial charge >= 0.3 is 0 Å². The van der Waals surface area contributed by atoms with Gasteiger partial charge in [-0.2, -0.15) is 25.3 Å². The van der Waals surface area contributed by atoms with Crippen LogP contribution in [-0.4, -0.2) is 117 Å². The first-order chi connectivity index (χ1) is 17.5. The molecule has 0 bridgehead atoms. The van der Waals surface area contributed by atoms with Crippen LogP contribution in [0.1, 0.15) is 20.8 Å². The fourth-order valence-electron chi connectivity index (χ4n) is 2.69. The van der Waals surface area contributed by atoms with Crippen molar-refractivity contribution in [2.45, 2.75) is 61.8 Å². The van der Waals surface area contributed by atoms with Crippen LogP contribution in [0.15, 0.2) is 0 Å². The van der Waals surface area contributed by atoms with Crippen molar-refractivity contribution in [3.05, 3.63) is 0 Å². The summed E-state index contributed by atoms with van der Waals surface area (Å²) < 4.78 is -1.18. The minimum Gasteiger partial charge on any atom is -0.394 e. The van der Waals surface area contributed by atoms with Gasteiger partial charge in [-0.15, -0.1) is 0 Å². The smallest absolute Gasteiger partial charge is 0.245 e. The van der Waals surface area contributed by atoms with Crippen LogP contribution in [-0.2, 0) is 28.8 Å². The number of nitrogens with two attached hydrogens (primary N) is 2. The molecule has 18 heteroatoms. The zero-order valence-corrected chi connectivity index (χ0v) is 22.9. The topological polar surface area (TPSA) is 275 Å². The molecule has 0 aromatic rings. The minimum absolute atomic E-state index is 0.0344. The monoisotopic (exact) mass is 583 g/mol. The largest absolute Gasteiger partial charge is 0.394 e. The first-order valence-corrected chi connectivity index (χ1v) is 12.3. The predicted molar refractivity (Wildman–Crippen MR) is 141 cm³/mol. The molecule has 0 saturated heterocycles. The van der Waals surface area contributed by atoms with Gasteiger partial charge in [-0.25, -0.2) is 0 Å². The third-order valence-corrected chi connectivity index (χ3v) is 5.67. The van der Waals surface area contributed by atoms with E-state index < -0.39 is 96.3 Å². The van der Waals surface area contributed by atoms with Gasteiger partial charge in [-0.1, -0.05) is 0 Å². The molecule has 0 heterocycles. The number of carbonyl (C=O) groups excluding carboxylic acids is 6. The number of hydrogen-bond donors (Lipinski definition) is 12. The van der Waals surface area contributed by atoms with Gasteiger partial charge in [0.05, 0.1) is 25.9 Å². The highest BCUT2D eigenvalue weighted by molar-refractivity contribution is 7.81. The lowest BCUT2D eigenvalue weighted by molar-refractivity contribution is -0.136. The maximum absolute atomic E-state index is 12.7. The van der Waals surface area contributed by atoms with E-state index >= 15 is 0 Å². The highest BCUT2D eigenvalue weighted by Gasteiger charge is 2.37. The standard InChI is InChI=1S/C20H37N7O9S2/c1-8(15(32)27-13(20(2,3)38)19(36)24-10(4-28)14(22)31)23-17(34)11(5-29)26-18(35)12(6-30)25-16(33)9(21)7-37/h8-13,28-30,37-38H,4-7,21H2,1-3H3,(H2,22,31)(H,23,34)(H,24,36)(H,25,33)(H,26,35)(H,27,32)/t8-,9-,10-,11-,12-,13-/m0/s1. The molecule has 0 aromatic heterocycles. The normalized spacial score (nSPS) is 16.0. The number of nitrogens with one attached hydrogen (secondary N) is 5. The first kappa shape index (κ1) is 35.4. The Morgan fingerprint density at radius 3 is 1.55 bits per heavy atom. The third kappa shape index (κ3) is 11.4. The van der Waals surface area contributed by atoms with Crippen LogP contribution in [0.5, 0.6) is 0 Å². The van der Waals surface area contributed by atoms with E-state index in [1.54, 1.807) is 0 Å². The van der Waals surface area contributed by atoms with Gasteiger partial charge in [0.2, 0.25) is 35.4 Å². The summed E-state index contributed by atoms with van der Waals surface area (Å²) in [5.41, 5.74) is 10.6. The summed E-state index contributed by atoms with van der Waals surface area (Å²) in [5, 5.41) is 39.3. The second-order valence-corrected chi connectivity index (χ2v) is 10.3. The number of rotatable bonds is 16. The zero-order valence-electron chi connectivity index (χ0n) is 21.1. The number of aliphatic hydroxyl groups is 3. The van der Waals surface area contributed by atoms with E-state index in [1.807, 2.05) is 0 Å². The Kier molecular flexibility index (Phi) is 15.2. The molecule has 0 saturated carbocycles. The van der Waals surface area contributed by atoms with Crippen LogP contribution in [0.3, 0.4) is 0 Å². The number of aliphatic hydroxyl groups excluding tert-OH is 3. The Labute approximate surface area is 230 Å². The van der Waals surface area contributed by atoms with Gasteiger partial charge in [0.15, 0.2) is 0 Å².